The zero-order valence-electron chi connectivity index (χ0n) is 10.8. The molecule has 0 aliphatic heterocycles. The maximum atomic E-state index is 5.94. The lowest BCUT2D eigenvalue weighted by molar-refractivity contribution is 0.205. The Labute approximate surface area is 116 Å². The van der Waals surface area contributed by atoms with E-state index in [0.717, 1.165) is 6.54 Å². The van der Waals surface area contributed by atoms with Crippen LogP contribution in [0.5, 0.6) is 0 Å². The van der Waals surface area contributed by atoms with Gasteiger partial charge in [-0.3, -0.25) is 0 Å². The third-order valence-corrected chi connectivity index (χ3v) is 2.69. The molecule has 0 radical (unpaired) electrons. The fourth-order valence-electron chi connectivity index (χ4n) is 1.56. The fraction of sp³-hybridized carbons (Fsp3) is 0.455. The first-order chi connectivity index (χ1) is 9.24. The lowest BCUT2D eigenvalue weighted by atomic mass is 10.5. The number of rotatable bonds is 6. The van der Waals surface area contributed by atoms with Crippen molar-refractivity contribution in [2.24, 2.45) is 0 Å². The van der Waals surface area contributed by atoms with Crippen LogP contribution in [-0.4, -0.2) is 51.5 Å². The van der Waals surface area contributed by atoms with Gasteiger partial charge < -0.3 is 9.64 Å². The van der Waals surface area contributed by atoms with Crippen molar-refractivity contribution in [2.45, 2.75) is 6.92 Å². The number of methoxy groups -OCH3 is 1. The van der Waals surface area contributed by atoms with E-state index in [9.17, 15) is 0 Å². The molecular weight excluding hydrogens is 268 g/mol. The Morgan fingerprint density at radius 2 is 2.21 bits per heavy atom. The van der Waals surface area contributed by atoms with Gasteiger partial charge in [0.05, 0.1) is 6.61 Å². The Kier molecular flexibility index (Phi) is 4.64. The van der Waals surface area contributed by atoms with Gasteiger partial charge in [0, 0.05) is 32.6 Å². The zero-order chi connectivity index (χ0) is 13.7. The highest BCUT2D eigenvalue weighted by Crippen LogP contribution is 2.12. The van der Waals surface area contributed by atoms with Gasteiger partial charge in [0.25, 0.3) is 5.95 Å². The molecule has 0 aliphatic carbocycles. The lowest BCUT2D eigenvalue weighted by Crippen LogP contribution is -2.29. The van der Waals surface area contributed by atoms with Crippen molar-refractivity contribution >= 4 is 17.5 Å². The molecule has 102 valence electrons. The van der Waals surface area contributed by atoms with Crippen molar-refractivity contribution in [3.63, 3.8) is 0 Å². The fourth-order valence-corrected chi connectivity index (χ4v) is 1.71. The molecule has 0 aliphatic rings. The highest BCUT2D eigenvalue weighted by Gasteiger charge is 2.12. The Morgan fingerprint density at radius 1 is 1.37 bits per heavy atom. The van der Waals surface area contributed by atoms with Crippen molar-refractivity contribution in [1.82, 2.24) is 24.7 Å². The van der Waals surface area contributed by atoms with Gasteiger partial charge >= 0.3 is 0 Å². The molecule has 0 amide bonds. The van der Waals surface area contributed by atoms with Crippen LogP contribution in [0, 0.1) is 0 Å². The first-order valence-electron chi connectivity index (χ1n) is 5.90. The predicted octanol–water partition coefficient (Wildman–Crippen LogP) is 1.18. The smallest absolute Gasteiger partial charge is 0.256 e. The monoisotopic (exact) mass is 282 g/mol. The van der Waals surface area contributed by atoms with Gasteiger partial charge in [0.2, 0.25) is 11.2 Å². The summed E-state index contributed by atoms with van der Waals surface area (Å²) in [5, 5.41) is 4.22. The molecule has 8 heteroatoms. The SMILES string of the molecule is CCN(CCOC)c1nc(Cl)nc(-n2cccn2)n1. The summed E-state index contributed by atoms with van der Waals surface area (Å²) in [5.74, 6) is 0.918. The molecule has 2 heterocycles. The number of halogens is 1. The van der Waals surface area contributed by atoms with Crippen LogP contribution in [0.3, 0.4) is 0 Å². The van der Waals surface area contributed by atoms with E-state index in [1.54, 1.807) is 30.3 Å². The van der Waals surface area contributed by atoms with Crippen LogP contribution in [0.25, 0.3) is 5.95 Å². The molecule has 0 saturated carbocycles. The predicted molar refractivity (Wildman–Crippen MR) is 71.7 cm³/mol. The number of likely N-dealkylation sites (N-methyl/N-ethyl adjacent to an activating group) is 1. The molecule has 19 heavy (non-hydrogen) atoms. The van der Waals surface area contributed by atoms with Crippen LogP contribution in [0.2, 0.25) is 5.28 Å². The summed E-state index contributed by atoms with van der Waals surface area (Å²) in [5.41, 5.74) is 0. The maximum Gasteiger partial charge on any atom is 0.256 e. The molecule has 2 aromatic rings. The Bertz CT molecular complexity index is 518. The summed E-state index contributed by atoms with van der Waals surface area (Å²) >= 11 is 5.94. The van der Waals surface area contributed by atoms with Crippen molar-refractivity contribution in [3.05, 3.63) is 23.7 Å². The first-order valence-corrected chi connectivity index (χ1v) is 6.28. The van der Waals surface area contributed by atoms with Crippen LogP contribution in [-0.2, 0) is 4.74 Å². The van der Waals surface area contributed by atoms with Crippen LogP contribution in [0.15, 0.2) is 18.5 Å². The molecule has 0 aromatic carbocycles. The average molecular weight is 283 g/mol. The highest BCUT2D eigenvalue weighted by molar-refractivity contribution is 6.28. The number of ether oxygens (including phenoxy) is 1. The second kappa shape index (κ2) is 6.44. The van der Waals surface area contributed by atoms with Gasteiger partial charge in [-0.25, -0.2) is 4.68 Å². The molecule has 7 nitrogen and oxygen atoms in total. The summed E-state index contributed by atoms with van der Waals surface area (Å²) < 4.78 is 6.61. The molecule has 0 saturated heterocycles. The average Bonchev–Trinajstić information content (AvgIpc) is 2.93. The second-order valence-corrected chi connectivity index (χ2v) is 4.07. The van der Waals surface area contributed by atoms with Gasteiger partial charge in [-0.05, 0) is 24.6 Å². The Morgan fingerprint density at radius 3 is 2.84 bits per heavy atom. The number of aromatic nitrogens is 5. The number of hydrogen-bond acceptors (Lipinski definition) is 6. The van der Waals surface area contributed by atoms with Gasteiger partial charge in [0.1, 0.15) is 0 Å². The zero-order valence-corrected chi connectivity index (χ0v) is 11.6. The third kappa shape index (κ3) is 3.39. The molecule has 0 unspecified atom stereocenters. The van der Waals surface area contributed by atoms with Crippen molar-refractivity contribution < 1.29 is 4.74 Å². The van der Waals surface area contributed by atoms with E-state index in [1.807, 2.05) is 11.8 Å². The van der Waals surface area contributed by atoms with Crippen LogP contribution in [0.1, 0.15) is 6.92 Å². The molecular formula is C11H15ClN6O. The molecule has 0 bridgehead atoms. The summed E-state index contributed by atoms with van der Waals surface area (Å²) in [7, 11) is 1.66. The van der Waals surface area contributed by atoms with Crippen molar-refractivity contribution in [1.29, 1.82) is 0 Å². The van der Waals surface area contributed by atoms with Crippen molar-refractivity contribution in [3.8, 4) is 5.95 Å². The summed E-state index contributed by atoms with van der Waals surface area (Å²) in [6.07, 6.45) is 3.40. The molecule has 0 N–H and O–H groups in total. The molecule has 2 aromatic heterocycles. The van der Waals surface area contributed by atoms with Gasteiger partial charge in [0.15, 0.2) is 0 Å². The van der Waals surface area contributed by atoms with Crippen molar-refractivity contribution in [2.75, 3.05) is 31.7 Å². The molecule has 0 atom stereocenters. The largest absolute Gasteiger partial charge is 0.383 e. The summed E-state index contributed by atoms with van der Waals surface area (Å²) in [4.78, 5) is 14.5. The lowest BCUT2D eigenvalue weighted by Gasteiger charge is -2.20. The Hall–Kier alpha value is -1.73. The standard InChI is InChI=1S/C11H15ClN6O/c1-3-17(7-8-19-2)10-14-9(12)15-11(16-10)18-6-4-5-13-18/h4-6H,3,7-8H2,1-2H3. The van der Waals surface area contributed by atoms with E-state index in [2.05, 4.69) is 20.1 Å². The normalized spacial score (nSPS) is 10.7. The van der Waals surface area contributed by atoms with E-state index in [-0.39, 0.29) is 5.28 Å². The van der Waals surface area contributed by atoms with E-state index < -0.39 is 0 Å². The van der Waals surface area contributed by atoms with Gasteiger partial charge in [-0.1, -0.05) is 0 Å². The third-order valence-electron chi connectivity index (χ3n) is 2.52. The van der Waals surface area contributed by atoms with E-state index >= 15 is 0 Å². The summed E-state index contributed by atoms with van der Waals surface area (Å²) in [6.45, 7) is 4.04. The molecule has 0 fully saturated rings. The topological polar surface area (TPSA) is 69.0 Å². The van der Waals surface area contributed by atoms with Crippen LogP contribution in [0.4, 0.5) is 5.95 Å². The first kappa shape index (κ1) is 13.7. The highest BCUT2D eigenvalue weighted by atomic mass is 35.5. The van der Waals surface area contributed by atoms with Gasteiger partial charge in [-0.2, -0.15) is 20.1 Å². The van der Waals surface area contributed by atoms with Gasteiger partial charge in [-0.15, -0.1) is 0 Å². The molecule has 0 spiro atoms. The minimum atomic E-state index is 0.145. The molecule has 2 rings (SSSR count). The minimum absolute atomic E-state index is 0.145. The Balaban J connectivity index is 2.30. The quantitative estimate of drug-likeness (QED) is 0.792. The number of nitrogens with zero attached hydrogens (tertiary/aromatic N) is 6. The number of anilines is 1. The van der Waals surface area contributed by atoms with E-state index in [1.165, 1.54) is 0 Å². The number of hydrogen-bond donors (Lipinski definition) is 0. The summed E-state index contributed by atoms with van der Waals surface area (Å²) in [6, 6.07) is 1.79. The van der Waals surface area contributed by atoms with E-state index in [4.69, 9.17) is 16.3 Å². The van der Waals surface area contributed by atoms with Crippen LogP contribution >= 0.6 is 11.6 Å². The van der Waals surface area contributed by atoms with E-state index in [0.29, 0.717) is 25.0 Å². The van der Waals surface area contributed by atoms with Crippen LogP contribution < -0.4 is 4.90 Å². The second-order valence-electron chi connectivity index (χ2n) is 3.73. The minimum Gasteiger partial charge on any atom is -0.383 e. The maximum absolute atomic E-state index is 5.94.